The Morgan fingerprint density at radius 3 is 2.40 bits per heavy atom. The summed E-state index contributed by atoms with van der Waals surface area (Å²) in [6, 6.07) is 16.2. The Bertz CT molecular complexity index is 677. The fourth-order valence-electron chi connectivity index (χ4n) is 3.70. The van der Waals surface area contributed by atoms with Gasteiger partial charge in [-0.15, -0.1) is 0 Å². The van der Waals surface area contributed by atoms with Crippen LogP contribution >= 0.6 is 0 Å². The van der Waals surface area contributed by atoms with Crippen LogP contribution in [0, 0.1) is 0 Å². The van der Waals surface area contributed by atoms with Gasteiger partial charge in [0.05, 0.1) is 8.80 Å². The van der Waals surface area contributed by atoms with Crippen LogP contribution in [0.1, 0.15) is 44.7 Å². The average Bonchev–Trinajstić information content (AvgIpc) is 2.74. The van der Waals surface area contributed by atoms with E-state index in [0.29, 0.717) is 5.92 Å². The zero-order valence-corrected chi connectivity index (χ0v) is 14.0. The standard InChI is InChI=1S/C19H23Si/c1-5-20(6-2)19-14(4)13(3)18-16-10-8-7-9-15(16)11-12-17(18)19/h7-13H,5-6H2,1-4H3. The van der Waals surface area contributed by atoms with Gasteiger partial charge >= 0.3 is 0 Å². The molecule has 1 unspecified atom stereocenters. The second-order valence-corrected chi connectivity index (χ2v) is 8.96. The first-order chi connectivity index (χ1) is 9.69. The predicted molar refractivity (Wildman–Crippen MR) is 91.7 cm³/mol. The first-order valence-electron chi connectivity index (χ1n) is 7.76. The lowest BCUT2D eigenvalue weighted by Crippen LogP contribution is -2.12. The van der Waals surface area contributed by atoms with E-state index >= 15 is 0 Å². The van der Waals surface area contributed by atoms with Crippen LogP contribution in [-0.4, -0.2) is 8.80 Å². The Balaban J connectivity index is 2.26. The molecular weight excluding hydrogens is 256 g/mol. The summed E-state index contributed by atoms with van der Waals surface area (Å²) in [6.07, 6.45) is 0. The van der Waals surface area contributed by atoms with Crippen molar-refractivity contribution in [2.45, 2.75) is 45.7 Å². The molecule has 0 N–H and O–H groups in total. The number of hydrogen-bond donors (Lipinski definition) is 0. The zero-order valence-electron chi connectivity index (χ0n) is 13.0. The highest BCUT2D eigenvalue weighted by Gasteiger charge is 2.30. The molecule has 0 amide bonds. The number of rotatable bonds is 3. The zero-order chi connectivity index (χ0) is 14.3. The van der Waals surface area contributed by atoms with E-state index in [9.17, 15) is 0 Å². The van der Waals surface area contributed by atoms with Crippen molar-refractivity contribution < 1.29 is 0 Å². The molecule has 0 saturated carbocycles. The van der Waals surface area contributed by atoms with Gasteiger partial charge in [0, 0.05) is 5.92 Å². The minimum absolute atomic E-state index is 0.382. The molecule has 0 fully saturated rings. The molecule has 0 saturated heterocycles. The summed E-state index contributed by atoms with van der Waals surface area (Å²) in [5, 5.41) is 4.57. The summed E-state index contributed by atoms with van der Waals surface area (Å²) in [4.78, 5) is 0. The lowest BCUT2D eigenvalue weighted by molar-refractivity contribution is 0.930. The van der Waals surface area contributed by atoms with Gasteiger partial charge in [0.1, 0.15) is 0 Å². The number of benzene rings is 2. The summed E-state index contributed by atoms with van der Waals surface area (Å²) in [5.74, 6) is 0.587. The lowest BCUT2D eigenvalue weighted by Gasteiger charge is -2.15. The predicted octanol–water partition coefficient (Wildman–Crippen LogP) is 5.80. The molecule has 0 spiro atoms. The average molecular weight is 279 g/mol. The van der Waals surface area contributed by atoms with E-state index in [1.54, 1.807) is 21.9 Å². The summed E-state index contributed by atoms with van der Waals surface area (Å²) in [7, 11) is -0.382. The molecule has 0 nitrogen and oxygen atoms in total. The summed E-state index contributed by atoms with van der Waals surface area (Å²) in [6.45, 7) is 9.48. The Kier molecular flexibility index (Phi) is 3.55. The van der Waals surface area contributed by atoms with E-state index in [1.807, 2.05) is 0 Å². The molecule has 1 atom stereocenters. The highest BCUT2D eigenvalue weighted by atomic mass is 28.3. The fourth-order valence-corrected chi connectivity index (χ4v) is 6.28. The van der Waals surface area contributed by atoms with E-state index in [2.05, 4.69) is 64.1 Å². The van der Waals surface area contributed by atoms with Crippen LogP contribution in [0.25, 0.3) is 16.0 Å². The van der Waals surface area contributed by atoms with E-state index in [-0.39, 0.29) is 8.80 Å². The Labute approximate surface area is 124 Å². The first-order valence-corrected chi connectivity index (χ1v) is 9.68. The van der Waals surface area contributed by atoms with Gasteiger partial charge in [-0.2, -0.15) is 0 Å². The van der Waals surface area contributed by atoms with Crippen molar-refractivity contribution in [2.75, 3.05) is 0 Å². The van der Waals surface area contributed by atoms with Crippen LogP contribution in [-0.2, 0) is 0 Å². The molecule has 0 bridgehead atoms. The quantitative estimate of drug-likeness (QED) is 0.622. The molecule has 2 aromatic carbocycles. The largest absolute Gasteiger partial charge is 0.0858 e. The van der Waals surface area contributed by atoms with E-state index in [1.165, 1.54) is 22.9 Å². The lowest BCUT2D eigenvalue weighted by atomic mass is 9.93. The molecule has 20 heavy (non-hydrogen) atoms. The highest BCUT2D eigenvalue weighted by molar-refractivity contribution is 6.79. The Morgan fingerprint density at radius 2 is 1.70 bits per heavy atom. The van der Waals surface area contributed by atoms with Crippen molar-refractivity contribution in [2.24, 2.45) is 0 Å². The summed E-state index contributed by atoms with van der Waals surface area (Å²) < 4.78 is 0. The molecule has 1 heteroatoms. The molecule has 0 aliphatic heterocycles. The molecule has 1 radical (unpaired) electrons. The topological polar surface area (TPSA) is 0 Å². The fraction of sp³-hybridized carbons (Fsp3) is 0.368. The monoisotopic (exact) mass is 279 g/mol. The third-order valence-electron chi connectivity index (χ3n) is 4.92. The van der Waals surface area contributed by atoms with Crippen molar-refractivity contribution in [3.8, 4) is 0 Å². The molecule has 1 aliphatic carbocycles. The number of allylic oxidation sites excluding steroid dienone is 1. The van der Waals surface area contributed by atoms with Crippen molar-refractivity contribution in [3.05, 3.63) is 53.1 Å². The normalized spacial score (nSPS) is 18.1. The molecule has 0 aromatic heterocycles. The van der Waals surface area contributed by atoms with Gasteiger partial charge in [0.25, 0.3) is 0 Å². The molecule has 3 rings (SSSR count). The molecule has 1 aliphatic rings. The van der Waals surface area contributed by atoms with Crippen LogP contribution in [0.5, 0.6) is 0 Å². The van der Waals surface area contributed by atoms with Crippen LogP contribution in [0.4, 0.5) is 0 Å². The minimum Gasteiger partial charge on any atom is -0.0677 e. The van der Waals surface area contributed by atoms with Gasteiger partial charge in [-0.05, 0) is 28.8 Å². The molecule has 103 valence electrons. The Hall–Kier alpha value is -1.34. The second kappa shape index (κ2) is 5.21. The van der Waals surface area contributed by atoms with Crippen LogP contribution < -0.4 is 0 Å². The van der Waals surface area contributed by atoms with Gasteiger partial charge in [-0.25, -0.2) is 0 Å². The summed E-state index contributed by atoms with van der Waals surface area (Å²) >= 11 is 0. The molecule has 0 heterocycles. The smallest absolute Gasteiger partial charge is 0.0677 e. The third kappa shape index (κ3) is 1.88. The van der Waals surface area contributed by atoms with Gasteiger partial charge in [-0.1, -0.05) is 80.0 Å². The van der Waals surface area contributed by atoms with Crippen molar-refractivity contribution in [1.29, 1.82) is 0 Å². The van der Waals surface area contributed by atoms with Crippen molar-refractivity contribution in [1.82, 2.24) is 0 Å². The SMILES string of the molecule is CC[Si](CC)C1=C(C)C(C)c2c1ccc1ccccc21. The number of fused-ring (bicyclic) bond motifs is 3. The van der Waals surface area contributed by atoms with Crippen molar-refractivity contribution in [3.63, 3.8) is 0 Å². The Morgan fingerprint density at radius 1 is 1.00 bits per heavy atom. The van der Waals surface area contributed by atoms with Crippen LogP contribution in [0.15, 0.2) is 42.0 Å². The van der Waals surface area contributed by atoms with Gasteiger partial charge in [0.15, 0.2) is 0 Å². The minimum atomic E-state index is -0.382. The number of hydrogen-bond acceptors (Lipinski definition) is 0. The first kappa shape index (κ1) is 13.6. The van der Waals surface area contributed by atoms with Crippen LogP contribution in [0.3, 0.4) is 0 Å². The molecule has 2 aromatic rings. The van der Waals surface area contributed by atoms with Gasteiger partial charge < -0.3 is 0 Å². The van der Waals surface area contributed by atoms with Crippen LogP contribution in [0.2, 0.25) is 12.1 Å². The summed E-state index contributed by atoms with van der Waals surface area (Å²) in [5.41, 5.74) is 4.78. The van der Waals surface area contributed by atoms with E-state index in [0.717, 1.165) is 0 Å². The maximum absolute atomic E-state index is 2.39. The van der Waals surface area contributed by atoms with Crippen molar-refractivity contribution >= 4 is 24.8 Å². The molecular formula is C19H23Si. The maximum atomic E-state index is 2.39. The second-order valence-electron chi connectivity index (χ2n) is 5.84. The third-order valence-corrected chi connectivity index (χ3v) is 8.00. The maximum Gasteiger partial charge on any atom is 0.0858 e. The van der Waals surface area contributed by atoms with Gasteiger partial charge in [-0.3, -0.25) is 0 Å². The van der Waals surface area contributed by atoms with E-state index in [4.69, 9.17) is 0 Å². The van der Waals surface area contributed by atoms with E-state index < -0.39 is 0 Å². The van der Waals surface area contributed by atoms with Gasteiger partial charge in [0.2, 0.25) is 0 Å². The highest BCUT2D eigenvalue weighted by Crippen LogP contribution is 2.46.